The molecule has 19 heteroatoms. The number of carbonyl (C=O) groups is 2. The molecule has 0 spiro atoms. The highest BCUT2D eigenvalue weighted by Crippen LogP contribution is 2.43. The maximum Gasteiger partial charge on any atom is 0.413 e. The van der Waals surface area contributed by atoms with Crippen molar-refractivity contribution in [2.75, 3.05) is 26.6 Å². The van der Waals surface area contributed by atoms with Gasteiger partial charge < -0.3 is 29.0 Å². The Labute approximate surface area is 441 Å². The predicted molar refractivity (Wildman–Crippen MR) is 288 cm³/mol. The summed E-state index contributed by atoms with van der Waals surface area (Å²) in [6, 6.07) is 30.7. The number of alkyl carbamates (subject to hydrolysis) is 1. The first-order chi connectivity index (χ1) is 35.8. The number of nitrogens with zero attached hydrogens (tertiary/aromatic N) is 6. The van der Waals surface area contributed by atoms with Crippen molar-refractivity contribution in [2.24, 2.45) is 0 Å². The minimum atomic E-state index is -4.63. The Hall–Kier alpha value is -7.79. The number of amides is 2. The molecule has 7 aromatic rings. The second-order valence-electron chi connectivity index (χ2n) is 19.7. The number of nitrogens with one attached hydrogen (secondary N) is 2. The zero-order valence-electron chi connectivity index (χ0n) is 43.4. The van der Waals surface area contributed by atoms with Crippen molar-refractivity contribution in [3.63, 3.8) is 0 Å². The van der Waals surface area contributed by atoms with Crippen molar-refractivity contribution in [1.29, 1.82) is 0 Å². The van der Waals surface area contributed by atoms with Crippen LogP contribution in [0.5, 0.6) is 17.2 Å². The number of methoxy groups -OCH3 is 3. The van der Waals surface area contributed by atoms with Gasteiger partial charge in [0.25, 0.3) is 0 Å². The van der Waals surface area contributed by atoms with Crippen LogP contribution in [0.3, 0.4) is 0 Å². The van der Waals surface area contributed by atoms with E-state index in [4.69, 9.17) is 33.8 Å². The molecule has 5 aromatic carbocycles. The molecule has 2 heterocycles. The van der Waals surface area contributed by atoms with Crippen LogP contribution >= 0.6 is 11.3 Å². The lowest BCUT2D eigenvalue weighted by molar-refractivity contribution is 0.0500. The Bertz CT molecular complexity index is 3340. The van der Waals surface area contributed by atoms with E-state index in [1.54, 1.807) is 78.5 Å². The second-order valence-corrected chi connectivity index (χ2v) is 22.6. The molecule has 1 aliphatic rings. The minimum absolute atomic E-state index is 0.0156. The predicted octanol–water partition coefficient (Wildman–Crippen LogP) is 10.8. The van der Waals surface area contributed by atoms with Gasteiger partial charge in [0.2, 0.25) is 15.8 Å². The van der Waals surface area contributed by atoms with Gasteiger partial charge in [-0.15, -0.1) is 10.2 Å². The summed E-state index contributed by atoms with van der Waals surface area (Å²) in [6.07, 6.45) is 2.41. The number of anilines is 1. The Kier molecular flexibility index (Phi) is 16.2. The van der Waals surface area contributed by atoms with E-state index in [-0.39, 0.29) is 52.7 Å². The summed E-state index contributed by atoms with van der Waals surface area (Å²) in [4.78, 5) is 31.8. The van der Waals surface area contributed by atoms with Gasteiger partial charge in [0.15, 0.2) is 5.13 Å². The lowest BCUT2D eigenvalue weighted by atomic mass is 9.94. The van der Waals surface area contributed by atoms with E-state index in [2.05, 4.69) is 32.8 Å². The van der Waals surface area contributed by atoms with Crippen LogP contribution in [-0.4, -0.2) is 88.7 Å². The molecular formula is C56H60N8O9S2. The van der Waals surface area contributed by atoms with Gasteiger partial charge in [-0.3, -0.25) is 5.32 Å². The van der Waals surface area contributed by atoms with E-state index >= 15 is 8.42 Å². The van der Waals surface area contributed by atoms with Crippen LogP contribution in [0, 0.1) is 11.8 Å². The zero-order chi connectivity index (χ0) is 53.5. The third-order valence-corrected chi connectivity index (χ3v) is 14.6. The van der Waals surface area contributed by atoms with Gasteiger partial charge in [0.05, 0.1) is 43.7 Å². The first-order valence-electron chi connectivity index (χ1n) is 24.2. The summed E-state index contributed by atoms with van der Waals surface area (Å²) < 4.78 is 62.1. The second kappa shape index (κ2) is 22.8. The highest BCUT2D eigenvalue weighted by atomic mass is 32.2. The molecule has 75 heavy (non-hydrogen) atoms. The summed E-state index contributed by atoms with van der Waals surface area (Å²) >= 11 is 1.24. The summed E-state index contributed by atoms with van der Waals surface area (Å²) in [5.41, 5.74) is 3.37. The fourth-order valence-electron chi connectivity index (χ4n) is 8.24. The van der Waals surface area contributed by atoms with E-state index in [1.165, 1.54) is 20.4 Å². The number of hydrogen-bond donors (Lipinski definition) is 2. The van der Waals surface area contributed by atoms with E-state index in [0.717, 1.165) is 11.1 Å². The number of sulfonamides is 1. The van der Waals surface area contributed by atoms with Gasteiger partial charge in [0, 0.05) is 30.3 Å². The van der Waals surface area contributed by atoms with Crippen LogP contribution in [0.15, 0.2) is 120 Å². The third kappa shape index (κ3) is 13.7. The fraction of sp³-hybridized carbons (Fsp3) is 0.321. The Morgan fingerprint density at radius 2 is 1.33 bits per heavy atom. The first-order valence-corrected chi connectivity index (χ1v) is 26.5. The van der Waals surface area contributed by atoms with Gasteiger partial charge >= 0.3 is 12.2 Å². The quantitative estimate of drug-likeness (QED) is 0.0921. The Morgan fingerprint density at radius 3 is 1.89 bits per heavy atom. The number of fused-ring (bicyclic) bond motifs is 1. The molecule has 8 rings (SSSR count). The Balaban J connectivity index is 1.33. The molecule has 0 saturated carbocycles. The SMILES string of the molecule is COc1ccc(CN(Cc2ccc(OC)cc2)S(=O)(=O)c2c(C#CC3=CCC(NC(=O)OC(C)(C)C)CC3)ccc(-c3cccc4sc(NC(=O)OC(C)(C)C)nc34)c2-c2nnn(Cc3ccc(OC)cc3)n2)cc1. The maximum absolute atomic E-state index is 16.3. The van der Waals surface area contributed by atoms with E-state index in [1.807, 2.05) is 93.6 Å². The lowest BCUT2D eigenvalue weighted by Crippen LogP contribution is -2.39. The molecule has 1 aliphatic carbocycles. The normalized spacial score (nSPS) is 13.8. The summed E-state index contributed by atoms with van der Waals surface area (Å²) in [7, 11) is 0.101. The highest BCUT2D eigenvalue weighted by Gasteiger charge is 2.35. The molecule has 390 valence electrons. The molecule has 0 aliphatic heterocycles. The largest absolute Gasteiger partial charge is 0.497 e. The average Bonchev–Trinajstić information content (AvgIpc) is 4.02. The van der Waals surface area contributed by atoms with E-state index in [0.29, 0.717) is 69.0 Å². The number of ether oxygens (including phenoxy) is 5. The van der Waals surface area contributed by atoms with Gasteiger partial charge in [-0.25, -0.2) is 23.0 Å². The number of thiazole rings is 1. The topological polar surface area (TPSA) is 198 Å². The number of hydrogen-bond acceptors (Lipinski definition) is 14. The van der Waals surface area contributed by atoms with Crippen LogP contribution in [0.2, 0.25) is 0 Å². The first kappa shape index (κ1) is 53.5. The number of benzene rings is 5. The maximum atomic E-state index is 16.3. The van der Waals surface area contributed by atoms with Crippen molar-refractivity contribution >= 4 is 48.9 Å². The zero-order valence-corrected chi connectivity index (χ0v) is 45.0. The summed E-state index contributed by atoms with van der Waals surface area (Å²) in [5.74, 6) is 8.50. The number of allylic oxidation sites excluding steroid dienone is 1. The monoisotopic (exact) mass is 1050 g/mol. The van der Waals surface area contributed by atoms with Crippen molar-refractivity contribution in [1.82, 2.24) is 34.8 Å². The third-order valence-electron chi connectivity index (χ3n) is 11.8. The van der Waals surface area contributed by atoms with Crippen LogP contribution < -0.4 is 24.8 Å². The molecule has 1 atom stereocenters. The Morgan fingerprint density at radius 1 is 0.747 bits per heavy atom. The van der Waals surface area contributed by atoms with E-state index < -0.39 is 33.4 Å². The molecule has 0 bridgehead atoms. The lowest BCUT2D eigenvalue weighted by Gasteiger charge is -2.26. The molecular weight excluding hydrogens is 993 g/mol. The molecule has 0 radical (unpaired) electrons. The molecule has 1 unspecified atom stereocenters. The number of aromatic nitrogens is 5. The number of carbonyl (C=O) groups excluding carboxylic acids is 2. The molecule has 2 aromatic heterocycles. The van der Waals surface area contributed by atoms with Crippen LogP contribution in [-0.2, 0) is 39.1 Å². The number of rotatable bonds is 15. The smallest absolute Gasteiger partial charge is 0.413 e. The molecule has 2 N–H and O–H groups in total. The molecule has 2 amide bonds. The van der Waals surface area contributed by atoms with Gasteiger partial charge in [-0.2, -0.15) is 9.10 Å². The fourth-order valence-corrected chi connectivity index (χ4v) is 10.9. The minimum Gasteiger partial charge on any atom is -0.497 e. The summed E-state index contributed by atoms with van der Waals surface area (Å²) in [6.45, 7) is 10.9. The van der Waals surface area contributed by atoms with Crippen molar-refractivity contribution in [3.8, 4) is 51.6 Å². The standard InChI is InChI=1S/C56H60N8O9S2/c1-55(2,3)72-53(65)57-41-24-14-36(15-25-41)13-22-40-23-32-45(46-11-10-12-47-49(46)58-52(74-47)59-54(66)73-56(4,5)6)48(51-60-62-64(61-51)35-39-20-30-44(71-9)31-21-39)50(40)75(67,68)63(33-37-16-26-42(69-7)27-17-37)34-38-18-28-43(70-8)29-19-38/h10-12,14,16-21,23,26-32,41H,15,24-25,33-35H2,1-9H3,(H,57,65)(H,58,59,66). The van der Waals surface area contributed by atoms with Crippen molar-refractivity contribution < 1.29 is 41.7 Å². The number of para-hydroxylation sites is 1. The summed E-state index contributed by atoms with van der Waals surface area (Å²) in [5, 5.41) is 20.0. The van der Waals surface area contributed by atoms with Crippen molar-refractivity contribution in [2.45, 2.75) is 103 Å². The molecule has 0 fully saturated rings. The van der Waals surface area contributed by atoms with Crippen LogP contribution in [0.25, 0.3) is 32.7 Å². The molecule has 0 saturated heterocycles. The molecule has 17 nitrogen and oxygen atoms in total. The van der Waals surface area contributed by atoms with Crippen molar-refractivity contribution in [3.05, 3.63) is 137 Å². The van der Waals surface area contributed by atoms with Crippen LogP contribution in [0.4, 0.5) is 14.7 Å². The van der Waals surface area contributed by atoms with E-state index in [9.17, 15) is 9.59 Å². The van der Waals surface area contributed by atoms with Gasteiger partial charge in [-0.1, -0.05) is 83.9 Å². The number of tetrazole rings is 1. The van der Waals surface area contributed by atoms with Gasteiger partial charge in [-0.05, 0) is 142 Å². The average molecular weight is 1050 g/mol. The van der Waals surface area contributed by atoms with Gasteiger partial charge in [0.1, 0.15) is 33.3 Å². The highest BCUT2D eigenvalue weighted by molar-refractivity contribution is 7.89. The van der Waals surface area contributed by atoms with Crippen LogP contribution in [0.1, 0.15) is 83.1 Å².